The molecule has 2 aliphatic rings. The van der Waals surface area contributed by atoms with Gasteiger partial charge in [0.2, 0.25) is 5.91 Å². The molecule has 7 heteroatoms. The summed E-state index contributed by atoms with van der Waals surface area (Å²) >= 11 is 0. The van der Waals surface area contributed by atoms with Crippen LogP contribution in [0.5, 0.6) is 0 Å². The number of carboxylic acids is 1. The molecule has 2 amide bonds. The Morgan fingerprint density at radius 2 is 1.71 bits per heavy atom. The van der Waals surface area contributed by atoms with Gasteiger partial charge in [0, 0.05) is 31.5 Å². The Morgan fingerprint density at radius 1 is 1.09 bits per heavy atom. The minimum absolute atomic E-state index is 0.00640. The number of ether oxygens (including phenoxy) is 1. The second-order valence-corrected chi connectivity index (χ2v) is 9.68. The first-order valence-electron chi connectivity index (χ1n) is 12.5. The zero-order valence-corrected chi connectivity index (χ0v) is 20.4. The first-order valence-corrected chi connectivity index (χ1v) is 12.5. The SMILES string of the molecule is CCC(CNC(=O)OCC1c2ccccc2-c2ccccc21)CC(=O)N1CCC(C(=O)O)CC1C. The maximum absolute atomic E-state index is 12.9. The summed E-state index contributed by atoms with van der Waals surface area (Å²) < 4.78 is 5.61. The highest BCUT2D eigenvalue weighted by atomic mass is 16.5. The molecular formula is C28H34N2O5. The average Bonchev–Trinajstić information content (AvgIpc) is 3.18. The summed E-state index contributed by atoms with van der Waals surface area (Å²) in [6, 6.07) is 16.3. The number of benzene rings is 2. The standard InChI is InChI=1S/C28H34N2O5/c1-3-19(15-26(31)30-13-12-20(27(32)33)14-18(30)2)16-29-28(34)35-17-25-23-10-6-4-8-21(23)22-9-5-7-11-24(22)25/h4-11,18-20,25H,3,12-17H2,1-2H3,(H,29,34)(H,32,33). The van der Waals surface area contributed by atoms with Crippen LogP contribution in [0.4, 0.5) is 4.79 Å². The molecule has 3 atom stereocenters. The number of carboxylic acid groups (broad SMARTS) is 1. The Bertz CT molecular complexity index is 1040. The number of piperidine rings is 1. The van der Waals surface area contributed by atoms with Gasteiger partial charge in [-0.15, -0.1) is 0 Å². The van der Waals surface area contributed by atoms with Crippen LogP contribution in [0.1, 0.15) is 56.6 Å². The summed E-state index contributed by atoms with van der Waals surface area (Å²) in [5.41, 5.74) is 4.70. The molecule has 1 fully saturated rings. The van der Waals surface area contributed by atoms with E-state index in [2.05, 4.69) is 29.6 Å². The molecule has 2 N–H and O–H groups in total. The van der Waals surface area contributed by atoms with Gasteiger partial charge in [-0.25, -0.2) is 4.79 Å². The zero-order valence-electron chi connectivity index (χ0n) is 20.4. The quantitative estimate of drug-likeness (QED) is 0.576. The first-order chi connectivity index (χ1) is 16.9. The van der Waals surface area contributed by atoms with E-state index < -0.39 is 12.1 Å². The molecule has 0 saturated carbocycles. The van der Waals surface area contributed by atoms with E-state index in [0.717, 1.165) is 6.42 Å². The molecule has 2 aromatic rings. The van der Waals surface area contributed by atoms with Gasteiger partial charge >= 0.3 is 12.1 Å². The van der Waals surface area contributed by atoms with Crippen molar-refractivity contribution < 1.29 is 24.2 Å². The van der Waals surface area contributed by atoms with Crippen LogP contribution in [0.3, 0.4) is 0 Å². The zero-order chi connectivity index (χ0) is 24.9. The molecule has 0 spiro atoms. The number of nitrogens with zero attached hydrogens (tertiary/aromatic N) is 1. The smallest absolute Gasteiger partial charge is 0.407 e. The molecule has 4 rings (SSSR count). The minimum Gasteiger partial charge on any atom is -0.481 e. The van der Waals surface area contributed by atoms with Crippen molar-refractivity contribution in [2.45, 2.75) is 51.5 Å². The predicted octanol–water partition coefficient (Wildman–Crippen LogP) is 4.65. The fourth-order valence-corrected chi connectivity index (χ4v) is 5.37. The van der Waals surface area contributed by atoms with Crippen LogP contribution in [-0.2, 0) is 14.3 Å². The highest BCUT2D eigenvalue weighted by Crippen LogP contribution is 2.44. The number of rotatable bonds is 8. The van der Waals surface area contributed by atoms with Gasteiger partial charge in [-0.3, -0.25) is 9.59 Å². The van der Waals surface area contributed by atoms with Crippen molar-refractivity contribution in [2.75, 3.05) is 19.7 Å². The van der Waals surface area contributed by atoms with Gasteiger partial charge in [0.25, 0.3) is 0 Å². The molecule has 3 unspecified atom stereocenters. The molecule has 2 aromatic carbocycles. The summed E-state index contributed by atoms with van der Waals surface area (Å²) in [4.78, 5) is 38.4. The molecule has 7 nitrogen and oxygen atoms in total. The lowest BCUT2D eigenvalue weighted by molar-refractivity contribution is -0.147. The third kappa shape index (κ3) is 5.50. The number of hydrogen-bond donors (Lipinski definition) is 2. The summed E-state index contributed by atoms with van der Waals surface area (Å²) in [6.45, 7) is 4.98. The maximum Gasteiger partial charge on any atom is 0.407 e. The van der Waals surface area contributed by atoms with Crippen molar-refractivity contribution in [1.29, 1.82) is 0 Å². The van der Waals surface area contributed by atoms with Gasteiger partial charge in [-0.2, -0.15) is 0 Å². The van der Waals surface area contributed by atoms with E-state index in [1.165, 1.54) is 22.3 Å². The summed E-state index contributed by atoms with van der Waals surface area (Å²) in [5.74, 6) is -1.16. The lowest BCUT2D eigenvalue weighted by atomic mass is 9.90. The van der Waals surface area contributed by atoms with E-state index in [1.54, 1.807) is 4.90 Å². The molecule has 1 heterocycles. The second kappa shape index (κ2) is 10.9. The Morgan fingerprint density at radius 3 is 2.29 bits per heavy atom. The Hall–Kier alpha value is -3.35. The molecule has 0 bridgehead atoms. The van der Waals surface area contributed by atoms with E-state index >= 15 is 0 Å². The Balaban J connectivity index is 1.27. The van der Waals surface area contributed by atoms with Gasteiger partial charge < -0.3 is 20.1 Å². The summed E-state index contributed by atoms with van der Waals surface area (Å²) in [5, 5.41) is 12.1. The van der Waals surface area contributed by atoms with E-state index in [1.807, 2.05) is 38.1 Å². The van der Waals surface area contributed by atoms with E-state index in [0.29, 0.717) is 32.4 Å². The largest absolute Gasteiger partial charge is 0.481 e. The van der Waals surface area contributed by atoms with E-state index in [4.69, 9.17) is 4.74 Å². The van der Waals surface area contributed by atoms with Crippen molar-refractivity contribution in [3.05, 3.63) is 59.7 Å². The van der Waals surface area contributed by atoms with Crippen LogP contribution in [0, 0.1) is 11.8 Å². The number of fused-ring (bicyclic) bond motifs is 3. The third-order valence-corrected chi connectivity index (χ3v) is 7.47. The topological polar surface area (TPSA) is 95.9 Å². The van der Waals surface area contributed by atoms with Gasteiger partial charge in [-0.1, -0.05) is 61.9 Å². The van der Waals surface area contributed by atoms with Crippen molar-refractivity contribution in [2.24, 2.45) is 11.8 Å². The fraction of sp³-hybridized carbons (Fsp3) is 0.464. The molecule has 0 aromatic heterocycles. The molecular weight excluding hydrogens is 444 g/mol. The van der Waals surface area contributed by atoms with Crippen LogP contribution < -0.4 is 5.32 Å². The van der Waals surface area contributed by atoms with Gasteiger partial charge in [0.05, 0.1) is 5.92 Å². The predicted molar refractivity (Wildman–Crippen MR) is 133 cm³/mol. The number of nitrogens with one attached hydrogen (secondary N) is 1. The Labute approximate surface area is 206 Å². The number of hydrogen-bond acceptors (Lipinski definition) is 4. The van der Waals surface area contributed by atoms with Crippen molar-refractivity contribution in [3.63, 3.8) is 0 Å². The lowest BCUT2D eigenvalue weighted by Gasteiger charge is -2.37. The van der Waals surface area contributed by atoms with Crippen molar-refractivity contribution in [1.82, 2.24) is 10.2 Å². The fourth-order valence-electron chi connectivity index (χ4n) is 5.37. The molecule has 186 valence electrons. The normalized spacial score (nSPS) is 20.0. The first kappa shape index (κ1) is 24.8. The van der Waals surface area contributed by atoms with Crippen LogP contribution >= 0.6 is 0 Å². The van der Waals surface area contributed by atoms with Crippen LogP contribution in [0.2, 0.25) is 0 Å². The highest BCUT2D eigenvalue weighted by Gasteiger charge is 2.33. The van der Waals surface area contributed by atoms with Crippen LogP contribution in [-0.4, -0.2) is 53.7 Å². The van der Waals surface area contributed by atoms with Crippen LogP contribution in [0.15, 0.2) is 48.5 Å². The highest BCUT2D eigenvalue weighted by molar-refractivity contribution is 5.79. The number of carbonyl (C=O) groups excluding carboxylic acids is 2. The summed E-state index contributed by atoms with van der Waals surface area (Å²) in [6.07, 6.45) is 1.56. The average molecular weight is 479 g/mol. The molecule has 1 saturated heterocycles. The number of alkyl carbamates (subject to hydrolysis) is 1. The number of likely N-dealkylation sites (tertiary alicyclic amines) is 1. The van der Waals surface area contributed by atoms with Crippen molar-refractivity contribution >= 4 is 18.0 Å². The lowest BCUT2D eigenvalue weighted by Crippen LogP contribution is -2.47. The van der Waals surface area contributed by atoms with Gasteiger partial charge in [0.15, 0.2) is 0 Å². The van der Waals surface area contributed by atoms with Crippen molar-refractivity contribution in [3.8, 4) is 11.1 Å². The molecule has 1 aliphatic heterocycles. The maximum atomic E-state index is 12.9. The number of carbonyl (C=O) groups is 3. The van der Waals surface area contributed by atoms with E-state index in [-0.39, 0.29) is 36.3 Å². The monoisotopic (exact) mass is 478 g/mol. The van der Waals surface area contributed by atoms with Crippen LogP contribution in [0.25, 0.3) is 11.1 Å². The van der Waals surface area contributed by atoms with Gasteiger partial charge in [0.1, 0.15) is 6.61 Å². The molecule has 35 heavy (non-hydrogen) atoms. The molecule has 0 radical (unpaired) electrons. The Kier molecular flexibility index (Phi) is 7.73. The minimum atomic E-state index is -0.789. The third-order valence-electron chi connectivity index (χ3n) is 7.47. The second-order valence-electron chi connectivity index (χ2n) is 9.68. The number of amides is 2. The van der Waals surface area contributed by atoms with E-state index in [9.17, 15) is 19.5 Å². The summed E-state index contributed by atoms with van der Waals surface area (Å²) in [7, 11) is 0. The van der Waals surface area contributed by atoms with Gasteiger partial charge in [-0.05, 0) is 47.9 Å². The number of aliphatic carboxylic acids is 1. The molecule has 1 aliphatic carbocycles.